The second-order valence-electron chi connectivity index (χ2n) is 5.00. The molecule has 0 fully saturated rings. The van der Waals surface area contributed by atoms with Gasteiger partial charge in [0.05, 0.1) is 6.10 Å². The van der Waals surface area contributed by atoms with Gasteiger partial charge in [-0.2, -0.15) is 0 Å². The first-order chi connectivity index (χ1) is 8.70. The van der Waals surface area contributed by atoms with Crippen molar-refractivity contribution in [1.29, 1.82) is 0 Å². The second-order valence-corrected chi connectivity index (χ2v) is 5.00. The first-order valence-corrected chi connectivity index (χ1v) is 6.87. The van der Waals surface area contributed by atoms with E-state index in [-0.39, 0.29) is 6.10 Å². The molecule has 2 unspecified atom stereocenters. The molecule has 0 heterocycles. The Morgan fingerprint density at radius 1 is 1.50 bits per heavy atom. The van der Waals surface area contributed by atoms with Gasteiger partial charge >= 0.3 is 0 Å². The molecule has 0 spiro atoms. The maximum Gasteiger partial charge on any atom is 0.115 e. The molecule has 0 aliphatic heterocycles. The van der Waals surface area contributed by atoms with E-state index in [4.69, 9.17) is 4.74 Å². The third-order valence-corrected chi connectivity index (χ3v) is 3.54. The molecule has 3 heteroatoms. The zero-order valence-electron chi connectivity index (χ0n) is 11.3. The second kappa shape index (κ2) is 6.21. The molecule has 1 aromatic rings. The molecule has 2 rings (SSSR count). The summed E-state index contributed by atoms with van der Waals surface area (Å²) in [6, 6.07) is 6.13. The Balaban J connectivity index is 1.99. The van der Waals surface area contributed by atoms with Crippen molar-refractivity contribution in [3.63, 3.8) is 0 Å². The van der Waals surface area contributed by atoms with Gasteiger partial charge in [-0.25, -0.2) is 0 Å². The summed E-state index contributed by atoms with van der Waals surface area (Å²) in [5, 5.41) is 13.1. The fourth-order valence-electron chi connectivity index (χ4n) is 2.66. The monoisotopic (exact) mass is 249 g/mol. The molecule has 2 N–H and O–H groups in total. The van der Waals surface area contributed by atoms with Crippen LogP contribution in [0.25, 0.3) is 0 Å². The Labute approximate surface area is 109 Å². The summed E-state index contributed by atoms with van der Waals surface area (Å²) >= 11 is 0. The Morgan fingerprint density at radius 2 is 2.33 bits per heavy atom. The van der Waals surface area contributed by atoms with Gasteiger partial charge in [-0.15, -0.1) is 0 Å². The summed E-state index contributed by atoms with van der Waals surface area (Å²) in [5.41, 5.74) is 2.62. The standard InChI is InChI=1S/C15H23NO2/c1-3-18-11(2)10-16-15-6-4-5-12-9-13(17)7-8-14(12)15/h7-9,11,15-17H,3-6,10H2,1-2H3. The molecule has 3 nitrogen and oxygen atoms in total. The van der Waals surface area contributed by atoms with Crippen LogP contribution in [-0.4, -0.2) is 24.4 Å². The van der Waals surface area contributed by atoms with Crippen LogP contribution < -0.4 is 5.32 Å². The third-order valence-electron chi connectivity index (χ3n) is 3.54. The minimum Gasteiger partial charge on any atom is -0.508 e. The lowest BCUT2D eigenvalue weighted by atomic mass is 9.87. The minimum absolute atomic E-state index is 0.248. The quantitative estimate of drug-likeness (QED) is 0.843. The van der Waals surface area contributed by atoms with Crippen molar-refractivity contribution in [2.24, 2.45) is 0 Å². The molecule has 1 aliphatic carbocycles. The van der Waals surface area contributed by atoms with Gasteiger partial charge in [0.25, 0.3) is 0 Å². The lowest BCUT2D eigenvalue weighted by molar-refractivity contribution is 0.0734. The number of phenols is 1. The van der Waals surface area contributed by atoms with Crippen molar-refractivity contribution < 1.29 is 9.84 Å². The van der Waals surface area contributed by atoms with Crippen molar-refractivity contribution >= 4 is 0 Å². The number of hydrogen-bond donors (Lipinski definition) is 2. The Kier molecular flexibility index (Phi) is 4.61. The Morgan fingerprint density at radius 3 is 3.11 bits per heavy atom. The Bertz CT molecular complexity index is 392. The fraction of sp³-hybridized carbons (Fsp3) is 0.600. The van der Waals surface area contributed by atoms with Crippen molar-refractivity contribution in [2.45, 2.75) is 45.3 Å². The van der Waals surface area contributed by atoms with Crippen LogP contribution >= 0.6 is 0 Å². The fourth-order valence-corrected chi connectivity index (χ4v) is 2.66. The highest BCUT2D eigenvalue weighted by Gasteiger charge is 2.20. The van der Waals surface area contributed by atoms with E-state index in [0.717, 1.165) is 26.0 Å². The number of aryl methyl sites for hydroxylation is 1. The SMILES string of the molecule is CCOC(C)CNC1CCCc2cc(O)ccc21. The van der Waals surface area contributed by atoms with E-state index in [1.807, 2.05) is 19.1 Å². The van der Waals surface area contributed by atoms with E-state index in [9.17, 15) is 5.11 Å². The van der Waals surface area contributed by atoms with Gasteiger partial charge in [-0.1, -0.05) is 6.07 Å². The average molecular weight is 249 g/mol. The number of aromatic hydroxyl groups is 1. The molecule has 0 bridgehead atoms. The summed E-state index contributed by atoms with van der Waals surface area (Å²) in [4.78, 5) is 0. The van der Waals surface area contributed by atoms with Gasteiger partial charge in [0, 0.05) is 19.2 Å². The van der Waals surface area contributed by atoms with E-state index in [1.54, 1.807) is 6.07 Å². The number of benzene rings is 1. The van der Waals surface area contributed by atoms with Crippen molar-refractivity contribution in [3.05, 3.63) is 29.3 Å². The molecule has 2 atom stereocenters. The van der Waals surface area contributed by atoms with Crippen molar-refractivity contribution in [2.75, 3.05) is 13.2 Å². The third kappa shape index (κ3) is 3.24. The zero-order valence-corrected chi connectivity index (χ0v) is 11.3. The number of hydrogen-bond acceptors (Lipinski definition) is 3. The van der Waals surface area contributed by atoms with E-state index >= 15 is 0 Å². The highest BCUT2D eigenvalue weighted by molar-refractivity contribution is 5.38. The summed E-state index contributed by atoms with van der Waals surface area (Å²) in [5.74, 6) is 0.372. The largest absolute Gasteiger partial charge is 0.508 e. The molecule has 0 amide bonds. The van der Waals surface area contributed by atoms with Crippen LogP contribution in [0.2, 0.25) is 0 Å². The minimum atomic E-state index is 0.248. The lowest BCUT2D eigenvalue weighted by Crippen LogP contribution is -2.32. The topological polar surface area (TPSA) is 41.5 Å². The summed E-state index contributed by atoms with van der Waals surface area (Å²) in [6.45, 7) is 5.75. The van der Waals surface area contributed by atoms with Gasteiger partial charge in [-0.3, -0.25) is 0 Å². The van der Waals surface area contributed by atoms with Crippen LogP contribution in [0.4, 0.5) is 0 Å². The van der Waals surface area contributed by atoms with Crippen LogP contribution in [0.3, 0.4) is 0 Å². The van der Waals surface area contributed by atoms with Crippen LogP contribution in [0.1, 0.15) is 43.9 Å². The van der Waals surface area contributed by atoms with Crippen LogP contribution in [0.15, 0.2) is 18.2 Å². The average Bonchev–Trinajstić information content (AvgIpc) is 2.36. The number of phenolic OH excluding ortho intramolecular Hbond substituents is 1. The molecule has 0 saturated carbocycles. The zero-order chi connectivity index (χ0) is 13.0. The predicted octanol–water partition coefficient (Wildman–Crippen LogP) is 2.78. The van der Waals surface area contributed by atoms with Gasteiger partial charge in [0.15, 0.2) is 0 Å². The molecule has 18 heavy (non-hydrogen) atoms. The van der Waals surface area contributed by atoms with Crippen LogP contribution in [0, 0.1) is 0 Å². The summed E-state index contributed by atoms with van der Waals surface area (Å²) in [6.07, 6.45) is 3.66. The molecule has 1 aromatic carbocycles. The molecule has 0 aromatic heterocycles. The molecular formula is C15H23NO2. The van der Waals surface area contributed by atoms with Gasteiger partial charge < -0.3 is 15.2 Å². The maximum absolute atomic E-state index is 9.52. The first-order valence-electron chi connectivity index (χ1n) is 6.87. The van der Waals surface area contributed by atoms with E-state index < -0.39 is 0 Å². The van der Waals surface area contributed by atoms with Crippen LogP contribution in [0.5, 0.6) is 5.75 Å². The van der Waals surface area contributed by atoms with Crippen LogP contribution in [-0.2, 0) is 11.2 Å². The van der Waals surface area contributed by atoms with Gasteiger partial charge in [0.1, 0.15) is 5.75 Å². The number of fused-ring (bicyclic) bond motifs is 1. The summed E-state index contributed by atoms with van der Waals surface area (Å²) in [7, 11) is 0. The highest BCUT2D eigenvalue weighted by Crippen LogP contribution is 2.31. The number of nitrogens with one attached hydrogen (secondary N) is 1. The normalized spacial score (nSPS) is 20.4. The van der Waals surface area contributed by atoms with Crippen molar-refractivity contribution in [1.82, 2.24) is 5.32 Å². The highest BCUT2D eigenvalue weighted by atomic mass is 16.5. The maximum atomic E-state index is 9.52. The van der Waals surface area contributed by atoms with E-state index in [1.165, 1.54) is 17.5 Å². The molecule has 100 valence electrons. The van der Waals surface area contributed by atoms with E-state index in [2.05, 4.69) is 12.2 Å². The summed E-state index contributed by atoms with van der Waals surface area (Å²) < 4.78 is 5.54. The van der Waals surface area contributed by atoms with Crippen molar-refractivity contribution in [3.8, 4) is 5.75 Å². The Hall–Kier alpha value is -1.06. The molecule has 0 saturated heterocycles. The molecule has 1 aliphatic rings. The first kappa shape index (κ1) is 13.4. The van der Waals surface area contributed by atoms with Gasteiger partial charge in [-0.05, 0) is 56.4 Å². The van der Waals surface area contributed by atoms with Gasteiger partial charge in [0.2, 0.25) is 0 Å². The molecule has 0 radical (unpaired) electrons. The molecular weight excluding hydrogens is 226 g/mol. The smallest absolute Gasteiger partial charge is 0.115 e. The number of rotatable bonds is 5. The number of ether oxygens (including phenoxy) is 1. The van der Waals surface area contributed by atoms with E-state index in [0.29, 0.717) is 11.8 Å². The lowest BCUT2D eigenvalue weighted by Gasteiger charge is -2.27. The predicted molar refractivity (Wildman–Crippen MR) is 72.9 cm³/mol.